The Morgan fingerprint density at radius 2 is 1.52 bits per heavy atom. The van der Waals surface area contributed by atoms with Crippen LogP contribution < -0.4 is 9.47 Å². The van der Waals surface area contributed by atoms with Gasteiger partial charge in [-0.25, -0.2) is 0 Å². The van der Waals surface area contributed by atoms with Gasteiger partial charge in [0.05, 0.1) is 5.92 Å². The predicted molar refractivity (Wildman–Crippen MR) is 124 cm³/mol. The van der Waals surface area contributed by atoms with Crippen LogP contribution in [0.5, 0.6) is 11.5 Å². The summed E-state index contributed by atoms with van der Waals surface area (Å²) < 4.78 is 10.7. The molecular weight excluding hydrogens is 416 g/mol. The third kappa shape index (κ3) is 4.70. The Labute approximate surface area is 193 Å². The van der Waals surface area contributed by atoms with Gasteiger partial charge in [-0.2, -0.15) is 0 Å². The minimum atomic E-state index is -0.178. The molecule has 2 amide bonds. The van der Waals surface area contributed by atoms with Gasteiger partial charge in [-0.1, -0.05) is 60.7 Å². The fourth-order valence-corrected chi connectivity index (χ4v) is 4.25. The number of ether oxygens (including phenoxy) is 2. The van der Waals surface area contributed by atoms with Crippen molar-refractivity contribution < 1.29 is 19.1 Å². The number of hydrogen-bond acceptors (Lipinski definition) is 4. The number of rotatable bonds is 7. The van der Waals surface area contributed by atoms with Gasteiger partial charge in [0, 0.05) is 31.7 Å². The van der Waals surface area contributed by atoms with Crippen LogP contribution in [0.15, 0.2) is 78.9 Å². The minimum Gasteiger partial charge on any atom is -0.454 e. The SMILES string of the molecule is O=C(c1ccc2c(c1)OCO2)N1CC(C(=O)N(CCc2ccccc2)Cc2ccccc2)C1. The van der Waals surface area contributed by atoms with E-state index in [1.54, 1.807) is 23.1 Å². The zero-order valence-electron chi connectivity index (χ0n) is 18.4. The summed E-state index contributed by atoms with van der Waals surface area (Å²) in [4.78, 5) is 29.9. The molecular formula is C27H26N2O4. The third-order valence-corrected chi connectivity index (χ3v) is 6.18. The predicted octanol–water partition coefficient (Wildman–Crippen LogP) is 3.76. The maximum Gasteiger partial charge on any atom is 0.254 e. The normalized spacial score (nSPS) is 14.6. The second kappa shape index (κ2) is 9.36. The van der Waals surface area contributed by atoms with Crippen LogP contribution in [-0.4, -0.2) is 48.0 Å². The van der Waals surface area contributed by atoms with Gasteiger partial charge in [0.2, 0.25) is 12.7 Å². The molecule has 3 aromatic rings. The highest BCUT2D eigenvalue weighted by atomic mass is 16.7. The van der Waals surface area contributed by atoms with Crippen molar-refractivity contribution in [2.45, 2.75) is 13.0 Å². The van der Waals surface area contributed by atoms with Gasteiger partial charge < -0.3 is 19.3 Å². The summed E-state index contributed by atoms with van der Waals surface area (Å²) in [5.74, 6) is 1.07. The smallest absolute Gasteiger partial charge is 0.254 e. The van der Waals surface area contributed by atoms with Crippen molar-refractivity contribution >= 4 is 11.8 Å². The van der Waals surface area contributed by atoms with Crippen molar-refractivity contribution in [2.75, 3.05) is 26.4 Å². The lowest BCUT2D eigenvalue weighted by atomic mass is 9.96. The van der Waals surface area contributed by atoms with Gasteiger partial charge in [0.15, 0.2) is 11.5 Å². The van der Waals surface area contributed by atoms with Gasteiger partial charge in [-0.15, -0.1) is 0 Å². The number of carbonyl (C=O) groups excluding carboxylic acids is 2. The first-order valence-corrected chi connectivity index (χ1v) is 11.2. The molecule has 6 heteroatoms. The van der Waals surface area contributed by atoms with Gasteiger partial charge in [-0.3, -0.25) is 9.59 Å². The molecule has 0 bridgehead atoms. The van der Waals surface area contributed by atoms with Crippen LogP contribution in [0.25, 0.3) is 0 Å². The molecule has 1 saturated heterocycles. The van der Waals surface area contributed by atoms with Crippen LogP contribution in [0.3, 0.4) is 0 Å². The summed E-state index contributed by atoms with van der Waals surface area (Å²) in [5, 5.41) is 0. The van der Waals surface area contributed by atoms with E-state index in [0.717, 1.165) is 12.0 Å². The lowest BCUT2D eigenvalue weighted by molar-refractivity contribution is -0.140. The average molecular weight is 443 g/mol. The summed E-state index contributed by atoms with van der Waals surface area (Å²) in [6.45, 7) is 2.25. The number of likely N-dealkylation sites (tertiary alicyclic amines) is 1. The average Bonchev–Trinajstić information content (AvgIpc) is 3.30. The van der Waals surface area contributed by atoms with Gasteiger partial charge >= 0.3 is 0 Å². The highest BCUT2D eigenvalue weighted by Crippen LogP contribution is 2.33. The molecule has 0 aromatic heterocycles. The maximum absolute atomic E-state index is 13.4. The highest BCUT2D eigenvalue weighted by molar-refractivity contribution is 5.96. The Bertz CT molecular complexity index is 1130. The first kappa shape index (κ1) is 21.1. The van der Waals surface area contributed by atoms with Gasteiger partial charge in [0.1, 0.15) is 0 Å². The minimum absolute atomic E-state index is 0.0868. The van der Waals surface area contributed by atoms with E-state index in [2.05, 4.69) is 12.1 Å². The van der Waals surface area contributed by atoms with E-state index in [9.17, 15) is 9.59 Å². The second-order valence-corrected chi connectivity index (χ2v) is 8.46. The molecule has 5 rings (SSSR count). The molecule has 33 heavy (non-hydrogen) atoms. The van der Waals surface area contributed by atoms with E-state index in [-0.39, 0.29) is 24.5 Å². The Morgan fingerprint density at radius 1 is 0.848 bits per heavy atom. The molecule has 0 unspecified atom stereocenters. The van der Waals surface area contributed by atoms with Crippen molar-refractivity contribution in [1.82, 2.24) is 9.80 Å². The van der Waals surface area contributed by atoms with Crippen molar-refractivity contribution in [3.63, 3.8) is 0 Å². The maximum atomic E-state index is 13.4. The Balaban J connectivity index is 1.23. The number of amides is 2. The van der Waals surface area contributed by atoms with Crippen LogP contribution in [0.2, 0.25) is 0 Å². The van der Waals surface area contributed by atoms with Crippen LogP contribution in [0.1, 0.15) is 21.5 Å². The van der Waals surface area contributed by atoms with Gasteiger partial charge in [0.25, 0.3) is 5.91 Å². The molecule has 168 valence electrons. The molecule has 1 fully saturated rings. The number of fused-ring (bicyclic) bond motifs is 1. The van der Waals surface area contributed by atoms with E-state index in [1.807, 2.05) is 53.4 Å². The fraction of sp³-hybridized carbons (Fsp3) is 0.259. The first-order valence-electron chi connectivity index (χ1n) is 11.2. The Kier molecular flexibility index (Phi) is 5.98. The molecule has 0 radical (unpaired) electrons. The first-order chi connectivity index (χ1) is 16.2. The topological polar surface area (TPSA) is 59.1 Å². The molecule has 0 N–H and O–H groups in total. The number of nitrogens with zero attached hydrogens (tertiary/aromatic N) is 2. The number of benzene rings is 3. The summed E-state index contributed by atoms with van der Waals surface area (Å²) >= 11 is 0. The van der Waals surface area contributed by atoms with E-state index in [0.29, 0.717) is 43.2 Å². The Morgan fingerprint density at radius 3 is 2.24 bits per heavy atom. The molecule has 2 aliphatic rings. The summed E-state index contributed by atoms with van der Waals surface area (Å²) in [6.07, 6.45) is 0.798. The van der Waals surface area contributed by atoms with Crippen LogP contribution in [-0.2, 0) is 17.8 Å². The lowest BCUT2D eigenvalue weighted by Gasteiger charge is -2.40. The summed E-state index contributed by atoms with van der Waals surface area (Å²) in [7, 11) is 0. The molecule has 0 atom stereocenters. The van der Waals surface area contributed by atoms with Crippen LogP contribution in [0.4, 0.5) is 0 Å². The molecule has 6 nitrogen and oxygen atoms in total. The second-order valence-electron chi connectivity index (χ2n) is 8.46. The van der Waals surface area contributed by atoms with E-state index in [1.165, 1.54) is 5.56 Å². The molecule has 0 aliphatic carbocycles. The molecule has 0 saturated carbocycles. The quantitative estimate of drug-likeness (QED) is 0.559. The van der Waals surface area contributed by atoms with Crippen molar-refractivity contribution in [2.24, 2.45) is 5.92 Å². The van der Waals surface area contributed by atoms with Crippen molar-refractivity contribution in [1.29, 1.82) is 0 Å². The number of carbonyl (C=O) groups is 2. The van der Waals surface area contributed by atoms with E-state index >= 15 is 0 Å². The van der Waals surface area contributed by atoms with Crippen LogP contribution in [0, 0.1) is 5.92 Å². The largest absolute Gasteiger partial charge is 0.454 e. The zero-order valence-corrected chi connectivity index (χ0v) is 18.4. The molecule has 3 aromatic carbocycles. The highest BCUT2D eigenvalue weighted by Gasteiger charge is 2.38. The zero-order chi connectivity index (χ0) is 22.6. The lowest BCUT2D eigenvalue weighted by Crippen LogP contribution is -2.56. The van der Waals surface area contributed by atoms with E-state index in [4.69, 9.17) is 9.47 Å². The van der Waals surface area contributed by atoms with Crippen molar-refractivity contribution in [3.8, 4) is 11.5 Å². The molecule has 2 aliphatic heterocycles. The summed E-state index contributed by atoms with van der Waals surface area (Å²) in [5.41, 5.74) is 2.86. The van der Waals surface area contributed by atoms with Crippen molar-refractivity contribution in [3.05, 3.63) is 95.6 Å². The fourth-order valence-electron chi connectivity index (χ4n) is 4.25. The standard InChI is InChI=1S/C27H26N2O4/c30-26(22-11-12-24-25(15-22)33-19-32-24)29-17-23(18-29)27(31)28(16-21-9-5-2-6-10-21)14-13-20-7-3-1-4-8-20/h1-12,15,23H,13-14,16-19H2. The van der Waals surface area contributed by atoms with Gasteiger partial charge in [-0.05, 0) is 35.7 Å². The molecule has 0 spiro atoms. The summed E-state index contributed by atoms with van der Waals surface area (Å²) in [6, 6.07) is 25.4. The third-order valence-electron chi connectivity index (χ3n) is 6.18. The molecule has 2 heterocycles. The van der Waals surface area contributed by atoms with Crippen LogP contribution >= 0.6 is 0 Å². The monoisotopic (exact) mass is 442 g/mol. The Hall–Kier alpha value is -3.80. The number of hydrogen-bond donors (Lipinski definition) is 0. The van der Waals surface area contributed by atoms with E-state index < -0.39 is 0 Å².